The number of phenolic OH excluding ortho intramolecular Hbond substituents is 6. The number of hydrogen-bond donors (Lipinski definition) is 6. The summed E-state index contributed by atoms with van der Waals surface area (Å²) in [5.41, 5.74) is 9.64. The first kappa shape index (κ1) is 74.3. The van der Waals surface area contributed by atoms with Gasteiger partial charge in [-0.3, -0.25) is 15.0 Å². The Balaban J connectivity index is 0.000000486. The maximum atomic E-state index is 9.96. The minimum Gasteiger partial charge on any atom is -0.506 e. The molecule has 6 aromatic carbocycles. The Morgan fingerprint density at radius 2 is 0.622 bits per heavy atom. The van der Waals surface area contributed by atoms with Crippen LogP contribution in [0.5, 0.6) is 34.5 Å². The van der Waals surface area contributed by atoms with Crippen LogP contribution in [0.2, 0.25) is 0 Å². The molecule has 0 atom stereocenters. The zero-order valence-corrected chi connectivity index (χ0v) is 65.9. The number of para-hydroxylation sites is 3. The van der Waals surface area contributed by atoms with E-state index in [1.807, 2.05) is 167 Å². The van der Waals surface area contributed by atoms with Crippen LogP contribution in [0, 0.1) is 27.7 Å². The molecular formula is C64H62N6O6Zn6. The van der Waals surface area contributed by atoms with Crippen molar-refractivity contribution in [1.29, 1.82) is 0 Å². The minimum atomic E-state index is 0. The van der Waals surface area contributed by atoms with Gasteiger partial charge in [0.1, 0.15) is 67.6 Å². The van der Waals surface area contributed by atoms with Gasteiger partial charge in [0.15, 0.2) is 0 Å². The number of hydrogen-bond acceptors (Lipinski definition) is 12. The molecule has 0 aliphatic rings. The largest absolute Gasteiger partial charge is 0.506 e. The Hall–Kier alpha value is -5.68. The number of aromatic nitrogens is 6. The average molecular weight is 1400 g/mol. The number of pyridine rings is 6. The van der Waals surface area contributed by atoms with Crippen molar-refractivity contribution in [2.24, 2.45) is 0 Å². The van der Waals surface area contributed by atoms with E-state index >= 15 is 0 Å². The third-order valence-corrected chi connectivity index (χ3v) is 12.3. The summed E-state index contributed by atoms with van der Waals surface area (Å²) < 4.78 is 0. The van der Waals surface area contributed by atoms with Gasteiger partial charge < -0.3 is 30.6 Å². The van der Waals surface area contributed by atoms with E-state index in [1.165, 1.54) is 0 Å². The molecule has 0 unspecified atom stereocenters. The molecule has 0 bridgehead atoms. The molecule has 6 N–H and O–H groups in total. The number of nitrogens with zero attached hydrogens (tertiary/aromatic N) is 6. The van der Waals surface area contributed by atoms with Crippen molar-refractivity contribution in [3.05, 3.63) is 216 Å². The van der Waals surface area contributed by atoms with Crippen LogP contribution in [0.3, 0.4) is 0 Å². The molecule has 0 aliphatic heterocycles. The van der Waals surface area contributed by atoms with Gasteiger partial charge in [-0.15, -0.1) is 0 Å². The van der Waals surface area contributed by atoms with Gasteiger partial charge in [-0.25, -0.2) is 15.0 Å². The van der Waals surface area contributed by atoms with Crippen LogP contribution in [-0.2, 0) is 117 Å². The molecule has 12 rings (SSSR count). The summed E-state index contributed by atoms with van der Waals surface area (Å²) in [5, 5.41) is 63.5. The molecule has 0 amide bonds. The second-order valence-corrected chi connectivity index (χ2v) is 18.7. The predicted octanol–water partition coefficient (Wildman–Crippen LogP) is 15.1. The van der Waals surface area contributed by atoms with Crippen molar-refractivity contribution >= 4 is 65.4 Å². The molecular weight excluding hydrogens is 1340 g/mol. The summed E-state index contributed by atoms with van der Waals surface area (Å²) in [4.78, 5) is 25.2. The number of fused-ring (bicyclic) bond motifs is 6. The van der Waals surface area contributed by atoms with Gasteiger partial charge in [0.2, 0.25) is 0 Å². The molecule has 6 aromatic heterocycles. The summed E-state index contributed by atoms with van der Waals surface area (Å²) in [7, 11) is 0. The summed E-state index contributed by atoms with van der Waals surface area (Å²) in [6, 6.07) is 51.0. The first-order valence-electron chi connectivity index (χ1n) is 24.8. The smallest absolute Gasteiger partial charge is 0.145 e. The molecule has 0 radical (unpaired) electrons. The van der Waals surface area contributed by atoms with Crippen molar-refractivity contribution in [1.82, 2.24) is 29.9 Å². The number of rotatable bonds is 2. The van der Waals surface area contributed by atoms with Crippen molar-refractivity contribution in [3.8, 4) is 34.5 Å². The van der Waals surface area contributed by atoms with Crippen LogP contribution < -0.4 is 0 Å². The Morgan fingerprint density at radius 3 is 1.07 bits per heavy atom. The SMILES string of the molecule is CC(C)c1ccc2cccc(O)c2n1.CC(C)c1ccc2cccnc2c1O.Cc1ccc2ccc(C)c(O)c2n1.Cc1ccc2cccc(O)c2n1.Cc1ccc2cccnc2c1O.Oc1cccc2cccnc12.[Zn].[Zn].[Zn].[Zn].[Zn].[Zn]. The zero-order valence-electron chi connectivity index (χ0n) is 48.1. The van der Waals surface area contributed by atoms with E-state index in [9.17, 15) is 30.6 Å². The second-order valence-electron chi connectivity index (χ2n) is 18.7. The summed E-state index contributed by atoms with van der Waals surface area (Å²) in [5.74, 6) is 2.34. The van der Waals surface area contributed by atoms with Gasteiger partial charge in [0.25, 0.3) is 0 Å². The minimum absolute atomic E-state index is 0. The number of aryl methyl sites for hydroxylation is 4. The van der Waals surface area contributed by atoms with Crippen molar-refractivity contribution < 1.29 is 148 Å². The monoisotopic (exact) mass is 1390 g/mol. The van der Waals surface area contributed by atoms with Crippen LogP contribution in [0.15, 0.2) is 182 Å². The van der Waals surface area contributed by atoms with Gasteiger partial charge in [-0.2, -0.15) is 0 Å². The topological polar surface area (TPSA) is 199 Å². The first-order valence-corrected chi connectivity index (χ1v) is 24.8. The number of aromatic hydroxyl groups is 6. The normalized spacial score (nSPS) is 9.88. The molecule has 0 saturated carbocycles. The first-order chi connectivity index (χ1) is 36.5. The number of phenols is 6. The summed E-state index contributed by atoms with van der Waals surface area (Å²) >= 11 is 0. The van der Waals surface area contributed by atoms with E-state index in [1.54, 1.807) is 42.9 Å². The Kier molecular flexibility index (Phi) is 32.1. The van der Waals surface area contributed by atoms with Crippen molar-refractivity contribution in [3.63, 3.8) is 0 Å². The van der Waals surface area contributed by atoms with Gasteiger partial charge in [-0.1, -0.05) is 137 Å². The van der Waals surface area contributed by atoms with Crippen LogP contribution >= 0.6 is 0 Å². The molecule has 6 heterocycles. The molecule has 12 nitrogen and oxygen atoms in total. The van der Waals surface area contributed by atoms with Crippen LogP contribution in [-0.4, -0.2) is 60.5 Å². The zero-order chi connectivity index (χ0) is 54.5. The number of benzene rings is 6. The predicted molar refractivity (Wildman–Crippen MR) is 308 cm³/mol. The molecule has 0 spiro atoms. The maximum Gasteiger partial charge on any atom is 0.145 e. The Labute approximate surface area is 555 Å². The Morgan fingerprint density at radius 1 is 0.293 bits per heavy atom. The fourth-order valence-corrected chi connectivity index (χ4v) is 8.00. The molecule has 12 aromatic rings. The van der Waals surface area contributed by atoms with Crippen LogP contribution in [0.1, 0.15) is 73.3 Å². The summed E-state index contributed by atoms with van der Waals surface area (Å²) in [6.07, 6.45) is 5.05. The molecule has 0 fully saturated rings. The molecule has 0 saturated heterocycles. The average Bonchev–Trinajstić information content (AvgIpc) is 3.45. The third kappa shape index (κ3) is 19.5. The fraction of sp³-hybridized carbons (Fsp3) is 0.156. The van der Waals surface area contributed by atoms with E-state index in [-0.39, 0.29) is 140 Å². The van der Waals surface area contributed by atoms with E-state index in [4.69, 9.17) is 0 Å². The van der Waals surface area contributed by atoms with E-state index in [0.717, 1.165) is 66.1 Å². The fourth-order valence-electron chi connectivity index (χ4n) is 8.00. The Bertz CT molecular complexity index is 3930. The third-order valence-electron chi connectivity index (χ3n) is 12.3. The van der Waals surface area contributed by atoms with Crippen LogP contribution in [0.4, 0.5) is 0 Å². The van der Waals surface area contributed by atoms with Crippen LogP contribution in [0.25, 0.3) is 65.4 Å². The molecule has 82 heavy (non-hydrogen) atoms. The van der Waals surface area contributed by atoms with E-state index in [0.29, 0.717) is 56.4 Å². The van der Waals surface area contributed by atoms with E-state index < -0.39 is 0 Å². The summed E-state index contributed by atoms with van der Waals surface area (Å²) in [6.45, 7) is 15.9. The van der Waals surface area contributed by atoms with Gasteiger partial charge in [0, 0.05) is 185 Å². The second kappa shape index (κ2) is 35.5. The van der Waals surface area contributed by atoms with Gasteiger partial charge in [0.05, 0.1) is 0 Å². The molecule has 18 heteroatoms. The van der Waals surface area contributed by atoms with E-state index in [2.05, 4.69) is 57.6 Å². The maximum absolute atomic E-state index is 9.96. The quantitative estimate of drug-likeness (QED) is 0.0897. The molecule has 396 valence electrons. The standard InChI is InChI=1S/2C12H13NO.C11H11NO.2C10H9NO.C9H7NO.6Zn/c1-8(2)10-6-5-9-4-3-7-13-11(9)12(10)14;1-8(2)10-7-6-9-4-3-5-11(14)12(9)13-10;1-7-3-5-9-6-4-8(2)12-10(9)11(7)13;1-7-4-5-8-3-2-6-11-9(8)10(7)12;1-7-5-6-8-3-2-4-9(12)10(8)11-7;11-8-5-1-3-7-4-2-6-10-9(7)8;;;;;;/h2*3-8,14H,1-2H3;3-6,13H,1-2H3;2*2-6,12H,1H3;1-6,11H;;;;;;. The van der Waals surface area contributed by atoms with Gasteiger partial charge >= 0.3 is 0 Å². The molecule has 0 aliphatic carbocycles. The van der Waals surface area contributed by atoms with Crippen molar-refractivity contribution in [2.75, 3.05) is 0 Å². The van der Waals surface area contributed by atoms with Crippen molar-refractivity contribution in [2.45, 2.75) is 67.2 Å². The van der Waals surface area contributed by atoms with Gasteiger partial charge in [-0.05, 0) is 111 Å².